The van der Waals surface area contributed by atoms with Crippen LogP contribution in [-0.2, 0) is 0 Å². The quantitative estimate of drug-likeness (QED) is 0.543. The summed E-state index contributed by atoms with van der Waals surface area (Å²) < 4.78 is 0. The highest BCUT2D eigenvalue weighted by molar-refractivity contribution is 5.16. The topological polar surface area (TPSA) is 0 Å². The van der Waals surface area contributed by atoms with Gasteiger partial charge in [-0.25, -0.2) is 0 Å². The molecule has 0 aromatic carbocycles. The van der Waals surface area contributed by atoms with Gasteiger partial charge in [-0.05, 0) is 36.5 Å². The van der Waals surface area contributed by atoms with E-state index in [4.69, 9.17) is 0 Å². The highest BCUT2D eigenvalue weighted by Gasteiger charge is 2.34. The maximum atomic E-state index is 4.24. The Morgan fingerprint density at radius 2 is 2.08 bits per heavy atom. The summed E-state index contributed by atoms with van der Waals surface area (Å²) in [5, 5.41) is 0. The van der Waals surface area contributed by atoms with Gasteiger partial charge in [0.1, 0.15) is 0 Å². The fourth-order valence-electron chi connectivity index (χ4n) is 2.25. The van der Waals surface area contributed by atoms with Gasteiger partial charge >= 0.3 is 0 Å². The molecule has 0 aliphatic heterocycles. The van der Waals surface area contributed by atoms with E-state index in [0.717, 1.165) is 11.8 Å². The summed E-state index contributed by atoms with van der Waals surface area (Å²) in [6.07, 6.45) is 4.04. The lowest BCUT2D eigenvalue weighted by Crippen LogP contribution is -2.10. The van der Waals surface area contributed by atoms with Crippen LogP contribution in [0.25, 0.3) is 0 Å². The van der Waals surface area contributed by atoms with Crippen LogP contribution in [0.15, 0.2) is 12.2 Å². The molecule has 0 aromatic rings. The van der Waals surface area contributed by atoms with Gasteiger partial charge in [-0.2, -0.15) is 0 Å². The van der Waals surface area contributed by atoms with Crippen LogP contribution in [0.1, 0.15) is 47.0 Å². The number of hydrogen-bond donors (Lipinski definition) is 0. The second kappa shape index (κ2) is 3.24. The molecular formula is C12H22. The SMILES string of the molecule is C=C1C(CC(C)C)CCC1(C)C. The van der Waals surface area contributed by atoms with Crippen molar-refractivity contribution in [2.75, 3.05) is 0 Å². The lowest BCUT2D eigenvalue weighted by Gasteiger charge is -2.22. The van der Waals surface area contributed by atoms with E-state index >= 15 is 0 Å². The molecule has 70 valence electrons. The minimum atomic E-state index is 0.416. The third kappa shape index (κ3) is 1.91. The minimum absolute atomic E-state index is 0.416. The fraction of sp³-hybridized carbons (Fsp3) is 0.833. The first kappa shape index (κ1) is 9.83. The molecule has 0 heterocycles. The molecule has 1 atom stereocenters. The molecule has 0 nitrogen and oxygen atoms in total. The molecule has 12 heavy (non-hydrogen) atoms. The van der Waals surface area contributed by atoms with Gasteiger partial charge < -0.3 is 0 Å². The third-order valence-corrected chi connectivity index (χ3v) is 3.24. The van der Waals surface area contributed by atoms with Crippen LogP contribution in [0.5, 0.6) is 0 Å². The summed E-state index contributed by atoms with van der Waals surface area (Å²) in [4.78, 5) is 0. The zero-order chi connectivity index (χ0) is 9.35. The van der Waals surface area contributed by atoms with E-state index in [9.17, 15) is 0 Å². The molecule has 0 heteroatoms. The largest absolute Gasteiger partial charge is 0.0990 e. The molecule has 0 spiro atoms. The molecule has 1 unspecified atom stereocenters. The summed E-state index contributed by atoms with van der Waals surface area (Å²) in [6, 6.07) is 0. The molecule has 1 fully saturated rings. The Bertz CT molecular complexity index is 174. The minimum Gasteiger partial charge on any atom is -0.0990 e. The monoisotopic (exact) mass is 166 g/mol. The number of hydrogen-bond acceptors (Lipinski definition) is 0. The van der Waals surface area contributed by atoms with E-state index in [0.29, 0.717) is 5.41 Å². The second-order valence-electron chi connectivity index (χ2n) is 5.27. The Kier molecular flexibility index (Phi) is 2.65. The first-order valence-corrected chi connectivity index (χ1v) is 5.13. The van der Waals surface area contributed by atoms with Crippen LogP contribution in [0.4, 0.5) is 0 Å². The van der Waals surface area contributed by atoms with Crippen LogP contribution in [0.3, 0.4) is 0 Å². The molecule has 0 radical (unpaired) electrons. The van der Waals surface area contributed by atoms with Crippen molar-refractivity contribution in [3.05, 3.63) is 12.2 Å². The average molecular weight is 166 g/mol. The molecule has 0 saturated heterocycles. The Morgan fingerprint density at radius 1 is 1.50 bits per heavy atom. The number of allylic oxidation sites excluding steroid dienone is 1. The van der Waals surface area contributed by atoms with E-state index in [2.05, 4.69) is 34.3 Å². The first-order chi connectivity index (χ1) is 5.43. The second-order valence-corrected chi connectivity index (χ2v) is 5.27. The van der Waals surface area contributed by atoms with E-state index in [1.54, 1.807) is 0 Å². The van der Waals surface area contributed by atoms with Crippen molar-refractivity contribution in [3.63, 3.8) is 0 Å². The van der Waals surface area contributed by atoms with Gasteiger partial charge in [0.15, 0.2) is 0 Å². The van der Waals surface area contributed by atoms with Crippen molar-refractivity contribution < 1.29 is 0 Å². The van der Waals surface area contributed by atoms with E-state index in [1.807, 2.05) is 0 Å². The van der Waals surface area contributed by atoms with Crippen LogP contribution >= 0.6 is 0 Å². The molecular weight excluding hydrogens is 144 g/mol. The highest BCUT2D eigenvalue weighted by atomic mass is 14.4. The highest BCUT2D eigenvalue weighted by Crippen LogP contribution is 2.47. The molecule has 0 aromatic heterocycles. The van der Waals surface area contributed by atoms with Gasteiger partial charge in [-0.15, -0.1) is 0 Å². The lowest BCUT2D eigenvalue weighted by atomic mass is 9.83. The van der Waals surface area contributed by atoms with Crippen molar-refractivity contribution in [2.45, 2.75) is 47.0 Å². The van der Waals surface area contributed by atoms with Crippen LogP contribution in [-0.4, -0.2) is 0 Å². The summed E-state index contributed by atoms with van der Waals surface area (Å²) in [5.41, 5.74) is 1.91. The lowest BCUT2D eigenvalue weighted by molar-refractivity contribution is 0.453. The van der Waals surface area contributed by atoms with Crippen LogP contribution in [0.2, 0.25) is 0 Å². The van der Waals surface area contributed by atoms with Crippen molar-refractivity contribution in [1.29, 1.82) is 0 Å². The maximum absolute atomic E-state index is 4.24. The normalized spacial score (nSPS) is 28.4. The van der Waals surface area contributed by atoms with Gasteiger partial charge in [0.05, 0.1) is 0 Å². The van der Waals surface area contributed by atoms with Crippen molar-refractivity contribution in [2.24, 2.45) is 17.3 Å². The van der Waals surface area contributed by atoms with Crippen LogP contribution < -0.4 is 0 Å². The van der Waals surface area contributed by atoms with Gasteiger partial charge in [0.2, 0.25) is 0 Å². The molecule has 1 rings (SSSR count). The third-order valence-electron chi connectivity index (χ3n) is 3.24. The van der Waals surface area contributed by atoms with Gasteiger partial charge in [0.25, 0.3) is 0 Å². The van der Waals surface area contributed by atoms with E-state index in [1.165, 1.54) is 24.8 Å². The maximum Gasteiger partial charge on any atom is -0.0144 e. The fourth-order valence-corrected chi connectivity index (χ4v) is 2.25. The predicted octanol–water partition coefficient (Wildman–Crippen LogP) is 4.02. The van der Waals surface area contributed by atoms with Crippen LogP contribution in [0, 0.1) is 17.3 Å². The van der Waals surface area contributed by atoms with Gasteiger partial charge in [-0.3, -0.25) is 0 Å². The van der Waals surface area contributed by atoms with Gasteiger partial charge in [0, 0.05) is 0 Å². The Labute approximate surface area is 77.1 Å². The summed E-state index contributed by atoms with van der Waals surface area (Å²) in [5.74, 6) is 1.63. The van der Waals surface area contributed by atoms with Gasteiger partial charge in [-0.1, -0.05) is 39.8 Å². The summed E-state index contributed by atoms with van der Waals surface area (Å²) in [6.45, 7) is 13.5. The predicted molar refractivity (Wildman–Crippen MR) is 55.1 cm³/mol. The molecule has 0 N–H and O–H groups in total. The summed E-state index contributed by atoms with van der Waals surface area (Å²) >= 11 is 0. The van der Waals surface area contributed by atoms with E-state index < -0.39 is 0 Å². The molecule has 1 aliphatic rings. The van der Waals surface area contributed by atoms with Crippen molar-refractivity contribution >= 4 is 0 Å². The smallest absolute Gasteiger partial charge is 0.0144 e. The standard InChI is InChI=1S/C12H22/c1-9(2)8-11-6-7-12(4,5)10(11)3/h9,11H,3,6-8H2,1-2,4-5H3. The molecule has 0 bridgehead atoms. The zero-order valence-electron chi connectivity index (χ0n) is 8.98. The Morgan fingerprint density at radius 3 is 2.42 bits per heavy atom. The molecule has 0 amide bonds. The average Bonchev–Trinajstić information content (AvgIpc) is 2.15. The summed E-state index contributed by atoms with van der Waals surface area (Å²) in [7, 11) is 0. The zero-order valence-corrected chi connectivity index (χ0v) is 8.98. The Balaban J connectivity index is 2.56. The Hall–Kier alpha value is -0.260. The van der Waals surface area contributed by atoms with E-state index in [-0.39, 0.29) is 0 Å². The van der Waals surface area contributed by atoms with Crippen molar-refractivity contribution in [3.8, 4) is 0 Å². The van der Waals surface area contributed by atoms with Crippen molar-refractivity contribution in [1.82, 2.24) is 0 Å². The molecule has 1 saturated carbocycles. The number of rotatable bonds is 2. The molecule has 1 aliphatic carbocycles. The first-order valence-electron chi connectivity index (χ1n) is 5.13.